The van der Waals surface area contributed by atoms with Crippen molar-refractivity contribution in [1.82, 2.24) is 0 Å². The van der Waals surface area contributed by atoms with E-state index >= 15 is 0 Å². The molecule has 1 rings (SSSR count). The Hall–Kier alpha value is -0.980. The minimum atomic E-state index is 0.530. The zero-order valence-corrected chi connectivity index (χ0v) is 10.4. The lowest BCUT2D eigenvalue weighted by Crippen LogP contribution is -2.21. The molecule has 1 unspecified atom stereocenters. The second-order valence-corrected chi connectivity index (χ2v) is 4.62. The van der Waals surface area contributed by atoms with Gasteiger partial charge in [0.25, 0.3) is 0 Å². The van der Waals surface area contributed by atoms with Crippen molar-refractivity contribution in [1.29, 1.82) is 0 Å². The van der Waals surface area contributed by atoms with Gasteiger partial charge in [-0.3, -0.25) is 0 Å². The van der Waals surface area contributed by atoms with Crippen LogP contribution in [-0.2, 0) is 6.42 Å². The summed E-state index contributed by atoms with van der Waals surface area (Å²) in [5.74, 6) is 0.667. The largest absolute Gasteiger partial charge is 0.382 e. The smallest absolute Gasteiger partial charge is 0.0342 e. The number of rotatable bonds is 5. The maximum atomic E-state index is 3.51. The standard InChI is InChI=1S/C14H23N/c1-5-6-13-7-9-14(10-8-13)15-12(4)11(2)3/h7-12,15H,5-6H2,1-4H3. The van der Waals surface area contributed by atoms with Gasteiger partial charge >= 0.3 is 0 Å². The molecule has 0 aliphatic heterocycles. The molecule has 0 fully saturated rings. The van der Waals surface area contributed by atoms with Crippen molar-refractivity contribution < 1.29 is 0 Å². The van der Waals surface area contributed by atoms with E-state index in [9.17, 15) is 0 Å². The van der Waals surface area contributed by atoms with Gasteiger partial charge in [0.05, 0.1) is 0 Å². The molecule has 0 aliphatic rings. The molecule has 0 heterocycles. The van der Waals surface area contributed by atoms with E-state index in [1.54, 1.807) is 0 Å². The van der Waals surface area contributed by atoms with Crippen LogP contribution >= 0.6 is 0 Å². The van der Waals surface area contributed by atoms with Crippen LogP contribution in [0.5, 0.6) is 0 Å². The summed E-state index contributed by atoms with van der Waals surface area (Å²) >= 11 is 0. The van der Waals surface area contributed by atoms with Crippen LogP contribution in [-0.4, -0.2) is 6.04 Å². The molecular formula is C14H23N. The van der Waals surface area contributed by atoms with Gasteiger partial charge < -0.3 is 5.32 Å². The fourth-order valence-corrected chi connectivity index (χ4v) is 1.49. The van der Waals surface area contributed by atoms with Crippen molar-refractivity contribution in [2.45, 2.75) is 46.6 Å². The fourth-order valence-electron chi connectivity index (χ4n) is 1.49. The molecule has 1 nitrogen and oxygen atoms in total. The molecule has 1 N–H and O–H groups in total. The Morgan fingerprint density at radius 1 is 1.07 bits per heavy atom. The highest BCUT2D eigenvalue weighted by Crippen LogP contribution is 2.14. The Bertz CT molecular complexity index is 274. The number of nitrogens with one attached hydrogen (secondary N) is 1. The summed E-state index contributed by atoms with van der Waals surface area (Å²) in [6.45, 7) is 8.92. The van der Waals surface area contributed by atoms with E-state index in [1.807, 2.05) is 0 Å². The predicted octanol–water partition coefficient (Wildman–Crippen LogP) is 4.10. The van der Waals surface area contributed by atoms with Gasteiger partial charge in [0.2, 0.25) is 0 Å². The highest BCUT2D eigenvalue weighted by Gasteiger charge is 2.05. The Kier molecular flexibility index (Phi) is 4.67. The predicted molar refractivity (Wildman–Crippen MR) is 68.4 cm³/mol. The Morgan fingerprint density at radius 3 is 2.13 bits per heavy atom. The van der Waals surface area contributed by atoms with E-state index < -0.39 is 0 Å². The van der Waals surface area contributed by atoms with Crippen molar-refractivity contribution in [3.05, 3.63) is 29.8 Å². The highest BCUT2D eigenvalue weighted by atomic mass is 14.9. The average Bonchev–Trinajstić information content (AvgIpc) is 2.21. The molecule has 0 aromatic heterocycles. The van der Waals surface area contributed by atoms with E-state index in [1.165, 1.54) is 24.1 Å². The third-order valence-electron chi connectivity index (χ3n) is 2.89. The molecule has 1 aromatic rings. The van der Waals surface area contributed by atoms with Crippen LogP contribution < -0.4 is 5.32 Å². The Labute approximate surface area is 93.9 Å². The van der Waals surface area contributed by atoms with Gasteiger partial charge in [-0.1, -0.05) is 39.3 Å². The summed E-state index contributed by atoms with van der Waals surface area (Å²) in [6, 6.07) is 9.34. The number of hydrogen-bond donors (Lipinski definition) is 1. The molecule has 1 heteroatoms. The molecule has 1 atom stereocenters. The SMILES string of the molecule is CCCc1ccc(NC(C)C(C)C)cc1. The average molecular weight is 205 g/mol. The molecule has 84 valence electrons. The second kappa shape index (κ2) is 5.79. The van der Waals surface area contributed by atoms with Gasteiger partial charge in [-0.05, 0) is 37.0 Å². The Balaban J connectivity index is 2.56. The highest BCUT2D eigenvalue weighted by molar-refractivity contribution is 5.45. The minimum absolute atomic E-state index is 0.530. The van der Waals surface area contributed by atoms with Gasteiger partial charge in [-0.2, -0.15) is 0 Å². The van der Waals surface area contributed by atoms with E-state index in [0.717, 1.165) is 0 Å². The van der Waals surface area contributed by atoms with Gasteiger partial charge in [-0.25, -0.2) is 0 Å². The molecule has 0 aliphatic carbocycles. The summed E-state index contributed by atoms with van der Waals surface area (Å²) in [4.78, 5) is 0. The van der Waals surface area contributed by atoms with Gasteiger partial charge in [0.1, 0.15) is 0 Å². The zero-order valence-electron chi connectivity index (χ0n) is 10.4. The molecule has 0 radical (unpaired) electrons. The van der Waals surface area contributed by atoms with Crippen molar-refractivity contribution >= 4 is 5.69 Å². The molecule has 0 spiro atoms. The summed E-state index contributed by atoms with van der Waals surface area (Å²) < 4.78 is 0. The van der Waals surface area contributed by atoms with Crippen molar-refractivity contribution in [2.24, 2.45) is 5.92 Å². The lowest BCUT2D eigenvalue weighted by molar-refractivity contribution is 0.560. The van der Waals surface area contributed by atoms with Crippen molar-refractivity contribution in [3.8, 4) is 0 Å². The van der Waals surface area contributed by atoms with Crippen LogP contribution in [0, 0.1) is 5.92 Å². The van der Waals surface area contributed by atoms with Gasteiger partial charge in [0.15, 0.2) is 0 Å². The first kappa shape index (κ1) is 12.1. The van der Waals surface area contributed by atoms with Crippen molar-refractivity contribution in [3.63, 3.8) is 0 Å². The van der Waals surface area contributed by atoms with Crippen LogP contribution in [0.3, 0.4) is 0 Å². The third-order valence-corrected chi connectivity index (χ3v) is 2.89. The quantitative estimate of drug-likeness (QED) is 0.763. The fraction of sp³-hybridized carbons (Fsp3) is 0.571. The lowest BCUT2D eigenvalue weighted by atomic mass is 10.1. The first-order valence-corrected chi connectivity index (χ1v) is 5.99. The van der Waals surface area contributed by atoms with Gasteiger partial charge in [0, 0.05) is 11.7 Å². The van der Waals surface area contributed by atoms with Crippen LogP contribution in [0.25, 0.3) is 0 Å². The maximum absolute atomic E-state index is 3.51. The van der Waals surface area contributed by atoms with Crippen LogP contribution in [0.1, 0.15) is 39.7 Å². The van der Waals surface area contributed by atoms with E-state index in [-0.39, 0.29) is 0 Å². The summed E-state index contributed by atoms with van der Waals surface area (Å²) in [7, 11) is 0. The molecule has 1 aromatic carbocycles. The maximum Gasteiger partial charge on any atom is 0.0342 e. The topological polar surface area (TPSA) is 12.0 Å². The summed E-state index contributed by atoms with van der Waals surface area (Å²) in [6.07, 6.45) is 2.40. The van der Waals surface area contributed by atoms with Crippen LogP contribution in [0.4, 0.5) is 5.69 Å². The molecule has 15 heavy (non-hydrogen) atoms. The van der Waals surface area contributed by atoms with Gasteiger partial charge in [-0.15, -0.1) is 0 Å². The number of benzene rings is 1. The third kappa shape index (κ3) is 3.94. The zero-order chi connectivity index (χ0) is 11.3. The summed E-state index contributed by atoms with van der Waals surface area (Å²) in [5.41, 5.74) is 2.66. The summed E-state index contributed by atoms with van der Waals surface area (Å²) in [5, 5.41) is 3.51. The van der Waals surface area contributed by atoms with Crippen LogP contribution in [0.15, 0.2) is 24.3 Å². The second-order valence-electron chi connectivity index (χ2n) is 4.62. The van der Waals surface area contributed by atoms with Crippen molar-refractivity contribution in [2.75, 3.05) is 5.32 Å². The van der Waals surface area contributed by atoms with E-state index in [2.05, 4.69) is 57.3 Å². The first-order valence-electron chi connectivity index (χ1n) is 5.99. The first-order chi connectivity index (χ1) is 7.13. The number of anilines is 1. The Morgan fingerprint density at radius 2 is 1.67 bits per heavy atom. The number of aryl methyl sites for hydroxylation is 1. The number of hydrogen-bond acceptors (Lipinski definition) is 1. The van der Waals surface area contributed by atoms with Crippen LogP contribution in [0.2, 0.25) is 0 Å². The molecule has 0 saturated carbocycles. The molecular weight excluding hydrogens is 182 g/mol. The monoisotopic (exact) mass is 205 g/mol. The minimum Gasteiger partial charge on any atom is -0.382 e. The van der Waals surface area contributed by atoms with E-state index in [4.69, 9.17) is 0 Å². The van der Waals surface area contributed by atoms with E-state index in [0.29, 0.717) is 12.0 Å². The molecule has 0 amide bonds. The molecule has 0 saturated heterocycles. The lowest BCUT2D eigenvalue weighted by Gasteiger charge is -2.18. The normalized spacial score (nSPS) is 12.9. The molecule has 0 bridgehead atoms.